The molecule has 0 aliphatic carbocycles. The zero-order valence-corrected chi connectivity index (χ0v) is 13.3. The molecule has 0 radical (unpaired) electrons. The van der Waals surface area contributed by atoms with Gasteiger partial charge in [0.15, 0.2) is 0 Å². The van der Waals surface area contributed by atoms with E-state index in [1.807, 2.05) is 18.2 Å². The Balaban J connectivity index is 1.66. The fraction of sp³-hybridized carbons (Fsp3) is 0.353. The topological polar surface area (TPSA) is 40.6 Å². The van der Waals surface area contributed by atoms with Gasteiger partial charge in [-0.05, 0) is 37.3 Å². The second-order valence-corrected chi connectivity index (χ2v) is 5.96. The van der Waals surface area contributed by atoms with Crippen LogP contribution in [0.5, 0.6) is 5.88 Å². The first-order chi connectivity index (χ1) is 10.8. The first-order valence-corrected chi connectivity index (χ1v) is 8.60. The molecule has 0 spiro atoms. The molecule has 0 N–H and O–H groups in total. The highest BCUT2D eigenvalue weighted by Gasteiger charge is 2.16. The van der Waals surface area contributed by atoms with Crippen LogP contribution >= 0.6 is 11.8 Å². The molecule has 1 saturated heterocycles. The Morgan fingerprint density at radius 2 is 2.09 bits per heavy atom. The van der Waals surface area contributed by atoms with Crippen molar-refractivity contribution in [3.05, 3.63) is 42.5 Å². The van der Waals surface area contributed by atoms with Crippen molar-refractivity contribution in [3.8, 4) is 17.1 Å². The van der Waals surface area contributed by atoms with E-state index in [2.05, 4.69) is 35.5 Å². The third-order valence-electron chi connectivity index (χ3n) is 3.48. The van der Waals surface area contributed by atoms with E-state index in [0.717, 1.165) is 24.1 Å². The number of pyridine rings is 1. The molecular formula is C17H19NO3S. The van der Waals surface area contributed by atoms with Gasteiger partial charge in [-0.1, -0.05) is 18.2 Å². The highest BCUT2D eigenvalue weighted by atomic mass is 32.2. The Labute approximate surface area is 134 Å². The summed E-state index contributed by atoms with van der Waals surface area (Å²) in [5, 5.41) is 0. The predicted molar refractivity (Wildman–Crippen MR) is 87.0 cm³/mol. The van der Waals surface area contributed by atoms with Crippen molar-refractivity contribution in [2.45, 2.75) is 23.8 Å². The summed E-state index contributed by atoms with van der Waals surface area (Å²) < 4.78 is 5.73. The predicted octanol–water partition coefficient (Wildman–Crippen LogP) is 3.96. The lowest BCUT2D eigenvalue weighted by Gasteiger charge is -2.21. The van der Waals surface area contributed by atoms with Crippen LogP contribution in [0.3, 0.4) is 0 Å². The van der Waals surface area contributed by atoms with Crippen molar-refractivity contribution in [1.29, 1.82) is 0 Å². The van der Waals surface area contributed by atoms with E-state index in [1.54, 1.807) is 11.8 Å². The maximum Gasteiger partial charge on any atom is 0.213 e. The molecule has 1 aromatic carbocycles. The Morgan fingerprint density at radius 3 is 2.82 bits per heavy atom. The molecule has 22 heavy (non-hydrogen) atoms. The van der Waals surface area contributed by atoms with Gasteiger partial charge in [0.1, 0.15) is 12.7 Å². The second kappa shape index (κ2) is 7.63. The molecule has 2 aromatic rings. The van der Waals surface area contributed by atoms with E-state index in [1.165, 1.54) is 4.90 Å². The average Bonchev–Trinajstić information content (AvgIpc) is 2.61. The SMILES string of the molecule is CSc1ccc(-c2cccc(OCC3CCCOO3)n2)cc1. The molecule has 1 aliphatic rings. The summed E-state index contributed by atoms with van der Waals surface area (Å²) in [6.07, 6.45) is 4.01. The lowest BCUT2D eigenvalue weighted by molar-refractivity contribution is -0.347. The number of ether oxygens (including phenoxy) is 1. The van der Waals surface area contributed by atoms with E-state index in [9.17, 15) is 0 Å². The third kappa shape index (κ3) is 4.00. The normalized spacial score (nSPS) is 18.1. The van der Waals surface area contributed by atoms with E-state index < -0.39 is 0 Å². The molecule has 2 heterocycles. The third-order valence-corrected chi connectivity index (χ3v) is 4.23. The summed E-state index contributed by atoms with van der Waals surface area (Å²) in [6.45, 7) is 1.12. The summed E-state index contributed by atoms with van der Waals surface area (Å²) in [5.74, 6) is 0.612. The highest BCUT2D eigenvalue weighted by molar-refractivity contribution is 7.98. The molecule has 1 unspecified atom stereocenters. The minimum Gasteiger partial charge on any atom is -0.475 e. The summed E-state index contributed by atoms with van der Waals surface area (Å²) in [4.78, 5) is 16.0. The second-order valence-electron chi connectivity index (χ2n) is 5.08. The molecule has 1 aliphatic heterocycles. The average molecular weight is 317 g/mol. The van der Waals surface area contributed by atoms with Crippen LogP contribution in [-0.4, -0.2) is 30.6 Å². The zero-order chi connectivity index (χ0) is 15.2. The largest absolute Gasteiger partial charge is 0.475 e. The van der Waals surface area contributed by atoms with Crippen LogP contribution < -0.4 is 4.74 Å². The number of rotatable bonds is 5. The van der Waals surface area contributed by atoms with Crippen molar-refractivity contribution in [1.82, 2.24) is 4.98 Å². The molecule has 1 fully saturated rings. The van der Waals surface area contributed by atoms with Crippen LogP contribution in [0.4, 0.5) is 0 Å². The van der Waals surface area contributed by atoms with Crippen LogP contribution in [0.25, 0.3) is 11.3 Å². The van der Waals surface area contributed by atoms with Gasteiger partial charge in [-0.2, -0.15) is 0 Å². The van der Waals surface area contributed by atoms with Crippen LogP contribution in [0.1, 0.15) is 12.8 Å². The first-order valence-electron chi connectivity index (χ1n) is 7.38. The lowest BCUT2D eigenvalue weighted by Crippen LogP contribution is -2.26. The molecule has 0 bridgehead atoms. The smallest absolute Gasteiger partial charge is 0.213 e. The Hall–Kier alpha value is -1.56. The molecule has 0 amide bonds. The van der Waals surface area contributed by atoms with Crippen molar-refractivity contribution in [3.63, 3.8) is 0 Å². The Kier molecular flexibility index (Phi) is 5.32. The minimum atomic E-state index is -0.0138. The fourth-order valence-corrected chi connectivity index (χ4v) is 2.68. The van der Waals surface area contributed by atoms with E-state index in [-0.39, 0.29) is 6.10 Å². The maximum atomic E-state index is 5.73. The highest BCUT2D eigenvalue weighted by Crippen LogP contribution is 2.23. The van der Waals surface area contributed by atoms with Crippen molar-refractivity contribution in [2.75, 3.05) is 19.5 Å². The van der Waals surface area contributed by atoms with Crippen LogP contribution in [0, 0.1) is 0 Å². The molecule has 4 nitrogen and oxygen atoms in total. The van der Waals surface area contributed by atoms with Crippen LogP contribution in [0.15, 0.2) is 47.4 Å². The molecule has 5 heteroatoms. The maximum absolute atomic E-state index is 5.73. The van der Waals surface area contributed by atoms with Gasteiger partial charge >= 0.3 is 0 Å². The lowest BCUT2D eigenvalue weighted by atomic mass is 10.1. The number of hydrogen-bond acceptors (Lipinski definition) is 5. The number of hydrogen-bond donors (Lipinski definition) is 0. The van der Waals surface area contributed by atoms with Crippen LogP contribution in [-0.2, 0) is 9.78 Å². The number of benzene rings is 1. The van der Waals surface area contributed by atoms with Crippen molar-refractivity contribution >= 4 is 11.8 Å². The summed E-state index contributed by atoms with van der Waals surface area (Å²) in [7, 11) is 0. The quantitative estimate of drug-likeness (QED) is 0.616. The van der Waals surface area contributed by atoms with Gasteiger partial charge in [0.2, 0.25) is 5.88 Å². The standard InChI is InChI=1S/C17H19NO3S/c1-22-15-9-7-13(8-10-15)16-5-2-6-17(18-16)19-12-14-4-3-11-20-21-14/h2,5-10,14H,3-4,11-12H2,1H3. The molecular weight excluding hydrogens is 298 g/mol. The van der Waals surface area contributed by atoms with Crippen molar-refractivity contribution in [2.24, 2.45) is 0 Å². The number of nitrogens with zero attached hydrogens (tertiary/aromatic N) is 1. The zero-order valence-electron chi connectivity index (χ0n) is 12.5. The summed E-state index contributed by atoms with van der Waals surface area (Å²) >= 11 is 1.73. The van der Waals surface area contributed by atoms with Crippen LogP contribution in [0.2, 0.25) is 0 Å². The molecule has 1 aromatic heterocycles. The first kappa shape index (κ1) is 15.3. The van der Waals surface area contributed by atoms with Gasteiger partial charge in [0.25, 0.3) is 0 Å². The van der Waals surface area contributed by atoms with Crippen molar-refractivity contribution < 1.29 is 14.5 Å². The molecule has 3 rings (SSSR count). The van der Waals surface area contributed by atoms with Gasteiger partial charge in [-0.15, -0.1) is 11.8 Å². The van der Waals surface area contributed by atoms with E-state index in [4.69, 9.17) is 14.5 Å². The molecule has 0 saturated carbocycles. The van der Waals surface area contributed by atoms with Gasteiger partial charge in [0.05, 0.1) is 12.3 Å². The minimum absolute atomic E-state index is 0.0138. The van der Waals surface area contributed by atoms with Gasteiger partial charge in [0, 0.05) is 16.5 Å². The van der Waals surface area contributed by atoms with Gasteiger partial charge in [-0.3, -0.25) is 0 Å². The van der Waals surface area contributed by atoms with Gasteiger partial charge < -0.3 is 4.74 Å². The molecule has 116 valence electrons. The summed E-state index contributed by atoms with van der Waals surface area (Å²) in [6, 6.07) is 14.2. The number of aromatic nitrogens is 1. The Bertz CT molecular complexity index is 597. The molecule has 1 atom stereocenters. The number of thioether (sulfide) groups is 1. The fourth-order valence-electron chi connectivity index (χ4n) is 2.27. The monoisotopic (exact) mass is 317 g/mol. The van der Waals surface area contributed by atoms with E-state index in [0.29, 0.717) is 19.1 Å². The summed E-state index contributed by atoms with van der Waals surface area (Å²) in [5.41, 5.74) is 1.99. The Morgan fingerprint density at radius 1 is 1.23 bits per heavy atom. The van der Waals surface area contributed by atoms with E-state index >= 15 is 0 Å². The van der Waals surface area contributed by atoms with Gasteiger partial charge in [-0.25, -0.2) is 14.8 Å².